The van der Waals surface area contributed by atoms with Gasteiger partial charge in [0.15, 0.2) is 0 Å². The van der Waals surface area contributed by atoms with E-state index in [9.17, 15) is 13.2 Å². The zero-order valence-corrected chi connectivity index (χ0v) is 15.4. The average molecular weight is 372 g/mol. The molecule has 3 heterocycles. The van der Waals surface area contributed by atoms with Gasteiger partial charge in [-0.1, -0.05) is 6.42 Å². The van der Waals surface area contributed by atoms with E-state index in [1.807, 2.05) is 6.07 Å². The van der Waals surface area contributed by atoms with Crippen molar-refractivity contribution >= 4 is 27.3 Å². The van der Waals surface area contributed by atoms with Gasteiger partial charge in [-0.05, 0) is 44.4 Å². The summed E-state index contributed by atoms with van der Waals surface area (Å²) >= 11 is 1.32. The Morgan fingerprint density at radius 3 is 2.79 bits per heavy atom. The number of sulfonamides is 1. The van der Waals surface area contributed by atoms with Crippen LogP contribution < -0.4 is 10.6 Å². The third kappa shape index (κ3) is 4.17. The summed E-state index contributed by atoms with van der Waals surface area (Å²) in [6.07, 6.45) is 4.56. The molecule has 1 atom stereocenters. The predicted octanol–water partition coefficient (Wildman–Crippen LogP) is 1.19. The molecule has 2 aliphatic rings. The molecule has 1 aromatic rings. The Morgan fingerprint density at radius 2 is 2.08 bits per heavy atom. The van der Waals surface area contributed by atoms with Crippen LogP contribution in [0.15, 0.2) is 16.3 Å². The summed E-state index contributed by atoms with van der Waals surface area (Å²) in [6.45, 7) is 3.46. The first-order valence-electron chi connectivity index (χ1n) is 8.64. The fraction of sp³-hybridized carbons (Fsp3) is 0.688. The summed E-state index contributed by atoms with van der Waals surface area (Å²) in [5.41, 5.74) is 0. The summed E-state index contributed by atoms with van der Waals surface area (Å²) in [7, 11) is -3.34. The van der Waals surface area contributed by atoms with Gasteiger partial charge in [0.25, 0.3) is 10.0 Å². The van der Waals surface area contributed by atoms with Crippen molar-refractivity contribution in [3.63, 3.8) is 0 Å². The van der Waals surface area contributed by atoms with Crippen LogP contribution in [-0.2, 0) is 21.2 Å². The Labute approximate surface area is 147 Å². The molecule has 0 radical (unpaired) electrons. The lowest BCUT2D eigenvalue weighted by Crippen LogP contribution is -2.35. The Bertz CT molecular complexity index is 660. The number of rotatable bonds is 6. The predicted molar refractivity (Wildman–Crippen MR) is 94.6 cm³/mol. The van der Waals surface area contributed by atoms with Gasteiger partial charge in [-0.3, -0.25) is 4.79 Å². The van der Waals surface area contributed by atoms with E-state index in [1.54, 1.807) is 10.4 Å². The number of piperidine rings is 1. The number of hydrogen-bond donors (Lipinski definition) is 2. The Kier molecular flexibility index (Phi) is 5.91. The highest BCUT2D eigenvalue weighted by Gasteiger charge is 2.27. The third-order valence-corrected chi connectivity index (χ3v) is 8.16. The maximum Gasteiger partial charge on any atom is 0.252 e. The molecule has 0 aliphatic carbocycles. The van der Waals surface area contributed by atoms with Gasteiger partial charge in [-0.2, -0.15) is 4.31 Å². The van der Waals surface area contributed by atoms with Gasteiger partial charge in [0.1, 0.15) is 4.21 Å². The molecule has 24 heavy (non-hydrogen) atoms. The molecule has 134 valence electrons. The second-order valence-electron chi connectivity index (χ2n) is 6.42. The van der Waals surface area contributed by atoms with Crippen molar-refractivity contribution in [2.75, 3.05) is 32.7 Å². The van der Waals surface area contributed by atoms with E-state index in [0.717, 1.165) is 43.6 Å². The van der Waals surface area contributed by atoms with Gasteiger partial charge >= 0.3 is 0 Å². The lowest BCUT2D eigenvalue weighted by atomic mass is 10.1. The molecule has 2 N–H and O–H groups in total. The number of amides is 1. The van der Waals surface area contributed by atoms with E-state index in [2.05, 4.69) is 10.6 Å². The molecule has 1 amide bonds. The number of hydrogen-bond acceptors (Lipinski definition) is 5. The van der Waals surface area contributed by atoms with Crippen LogP contribution in [0.25, 0.3) is 0 Å². The van der Waals surface area contributed by atoms with Crippen LogP contribution in [0.2, 0.25) is 0 Å². The number of carbonyl (C=O) groups excluding carboxylic acids is 1. The molecular formula is C16H25N3O3S2. The first-order valence-corrected chi connectivity index (χ1v) is 10.9. The molecule has 2 aliphatic heterocycles. The number of carbonyl (C=O) groups is 1. The van der Waals surface area contributed by atoms with E-state index in [1.165, 1.54) is 11.3 Å². The zero-order valence-electron chi connectivity index (χ0n) is 13.8. The zero-order chi connectivity index (χ0) is 17.0. The summed E-state index contributed by atoms with van der Waals surface area (Å²) in [6, 6.07) is 3.57. The molecule has 0 saturated carbocycles. The van der Waals surface area contributed by atoms with E-state index >= 15 is 0 Å². The molecule has 3 rings (SSSR count). The number of nitrogens with zero attached hydrogens (tertiary/aromatic N) is 1. The largest absolute Gasteiger partial charge is 0.355 e. The lowest BCUT2D eigenvalue weighted by molar-refractivity contribution is -0.124. The quantitative estimate of drug-likeness (QED) is 0.787. The molecule has 0 bridgehead atoms. The van der Waals surface area contributed by atoms with Crippen LogP contribution in [0.4, 0.5) is 0 Å². The van der Waals surface area contributed by atoms with Gasteiger partial charge in [0, 0.05) is 31.1 Å². The maximum atomic E-state index is 12.6. The van der Waals surface area contributed by atoms with Crippen molar-refractivity contribution in [2.45, 2.75) is 36.3 Å². The topological polar surface area (TPSA) is 78.5 Å². The van der Waals surface area contributed by atoms with Gasteiger partial charge in [-0.25, -0.2) is 8.42 Å². The van der Waals surface area contributed by atoms with Crippen molar-refractivity contribution in [1.82, 2.24) is 14.9 Å². The molecule has 1 unspecified atom stereocenters. The van der Waals surface area contributed by atoms with Crippen molar-refractivity contribution in [2.24, 2.45) is 5.92 Å². The van der Waals surface area contributed by atoms with Crippen LogP contribution in [-0.4, -0.2) is 51.4 Å². The summed E-state index contributed by atoms with van der Waals surface area (Å²) in [5.74, 6) is 0.168. The number of nitrogens with one attached hydrogen (secondary N) is 2. The highest BCUT2D eigenvalue weighted by Crippen LogP contribution is 2.27. The third-order valence-electron chi connectivity index (χ3n) is 4.65. The average Bonchev–Trinajstić information content (AvgIpc) is 3.28. The standard InChI is InChI=1S/C16H25N3O3S2/c20-16(13-6-8-17-12-13)18-9-7-14-4-5-15(23-14)24(21,22)19-10-2-1-3-11-19/h4-5,13,17H,1-3,6-12H2,(H,18,20). The van der Waals surface area contributed by atoms with E-state index in [4.69, 9.17) is 0 Å². The van der Waals surface area contributed by atoms with Crippen LogP contribution >= 0.6 is 11.3 Å². The van der Waals surface area contributed by atoms with Crippen LogP contribution in [0, 0.1) is 5.92 Å². The minimum atomic E-state index is -3.34. The molecular weight excluding hydrogens is 346 g/mol. The monoisotopic (exact) mass is 371 g/mol. The van der Waals surface area contributed by atoms with Gasteiger partial charge in [0.2, 0.25) is 5.91 Å². The van der Waals surface area contributed by atoms with Gasteiger partial charge in [0.05, 0.1) is 5.92 Å². The maximum absolute atomic E-state index is 12.6. The smallest absolute Gasteiger partial charge is 0.252 e. The summed E-state index contributed by atoms with van der Waals surface area (Å²) in [4.78, 5) is 13.0. The minimum Gasteiger partial charge on any atom is -0.355 e. The Hall–Kier alpha value is -0.960. The minimum absolute atomic E-state index is 0.0726. The van der Waals surface area contributed by atoms with Crippen LogP contribution in [0.1, 0.15) is 30.6 Å². The van der Waals surface area contributed by atoms with E-state index in [0.29, 0.717) is 30.3 Å². The molecule has 2 fully saturated rings. The van der Waals surface area contributed by atoms with Gasteiger partial charge in [-0.15, -0.1) is 11.3 Å². The van der Waals surface area contributed by atoms with Gasteiger partial charge < -0.3 is 10.6 Å². The highest BCUT2D eigenvalue weighted by atomic mass is 32.2. The van der Waals surface area contributed by atoms with Crippen LogP contribution in [0.5, 0.6) is 0 Å². The molecule has 1 aromatic heterocycles. The fourth-order valence-corrected chi connectivity index (χ4v) is 6.22. The number of thiophene rings is 1. The lowest BCUT2D eigenvalue weighted by Gasteiger charge is -2.25. The van der Waals surface area contributed by atoms with E-state index < -0.39 is 10.0 Å². The second-order valence-corrected chi connectivity index (χ2v) is 9.75. The summed E-state index contributed by atoms with van der Waals surface area (Å²) < 4.78 is 27.3. The van der Waals surface area contributed by atoms with Crippen molar-refractivity contribution < 1.29 is 13.2 Å². The molecule has 0 spiro atoms. The van der Waals surface area contributed by atoms with Crippen molar-refractivity contribution in [3.05, 3.63) is 17.0 Å². The normalized spacial score (nSPS) is 22.6. The first kappa shape index (κ1) is 17.8. The molecule has 8 heteroatoms. The van der Waals surface area contributed by atoms with Crippen LogP contribution in [0.3, 0.4) is 0 Å². The molecule has 2 saturated heterocycles. The van der Waals surface area contributed by atoms with E-state index in [-0.39, 0.29) is 11.8 Å². The highest BCUT2D eigenvalue weighted by molar-refractivity contribution is 7.91. The van der Waals surface area contributed by atoms with Crippen molar-refractivity contribution in [1.29, 1.82) is 0 Å². The summed E-state index contributed by atoms with van der Waals surface area (Å²) in [5, 5.41) is 6.13. The molecule has 0 aromatic carbocycles. The van der Waals surface area contributed by atoms with Crippen molar-refractivity contribution in [3.8, 4) is 0 Å². The second kappa shape index (κ2) is 7.95. The Morgan fingerprint density at radius 1 is 1.29 bits per heavy atom. The Balaban J connectivity index is 1.52. The molecule has 6 nitrogen and oxygen atoms in total. The SMILES string of the molecule is O=C(NCCc1ccc(S(=O)(=O)N2CCCCC2)s1)C1CCNC1. The fourth-order valence-electron chi connectivity index (χ4n) is 3.20. The first-order chi connectivity index (χ1) is 11.6.